The lowest BCUT2D eigenvalue weighted by molar-refractivity contribution is 0.185. The lowest BCUT2D eigenvalue weighted by Gasteiger charge is -2.38. The fraction of sp³-hybridized carbons (Fsp3) is 0.933. The fourth-order valence-corrected chi connectivity index (χ4v) is 3.26. The van der Waals surface area contributed by atoms with E-state index in [4.69, 9.17) is 17.0 Å². The third-order valence-electron chi connectivity index (χ3n) is 4.15. The van der Waals surface area contributed by atoms with Crippen molar-refractivity contribution >= 4 is 17.3 Å². The summed E-state index contributed by atoms with van der Waals surface area (Å²) in [6.45, 7) is 8.66. The number of methoxy groups -OCH3 is 1. The van der Waals surface area contributed by atoms with Gasteiger partial charge in [-0.2, -0.15) is 0 Å². The van der Waals surface area contributed by atoms with Crippen molar-refractivity contribution in [3.8, 4) is 0 Å². The number of ether oxygens (including phenoxy) is 1. The fourth-order valence-electron chi connectivity index (χ4n) is 3.01. The maximum absolute atomic E-state index is 5.40. The van der Waals surface area contributed by atoms with Gasteiger partial charge >= 0.3 is 0 Å². The summed E-state index contributed by atoms with van der Waals surface area (Å²) in [5, 5.41) is 7.62. The third kappa shape index (κ3) is 6.09. The third-order valence-corrected chi connectivity index (χ3v) is 4.41. The van der Waals surface area contributed by atoms with Crippen LogP contribution in [0.1, 0.15) is 46.5 Å². The number of nitrogens with one attached hydrogen (secondary N) is 2. The van der Waals surface area contributed by atoms with Crippen molar-refractivity contribution in [2.24, 2.45) is 17.8 Å². The van der Waals surface area contributed by atoms with E-state index in [0.29, 0.717) is 6.04 Å². The molecule has 0 aliphatic heterocycles. The Morgan fingerprint density at radius 2 is 2.11 bits per heavy atom. The molecule has 112 valence electrons. The number of hydrogen-bond donors (Lipinski definition) is 2. The number of hydrogen-bond acceptors (Lipinski definition) is 2. The monoisotopic (exact) mass is 286 g/mol. The Labute approximate surface area is 123 Å². The lowest BCUT2D eigenvalue weighted by atomic mass is 9.74. The summed E-state index contributed by atoms with van der Waals surface area (Å²) in [7, 11) is 1.73. The Hall–Kier alpha value is -0.350. The molecule has 0 amide bonds. The van der Waals surface area contributed by atoms with E-state index in [-0.39, 0.29) is 0 Å². The molecule has 4 heteroatoms. The molecule has 0 spiro atoms. The minimum atomic E-state index is 0.533. The first kappa shape index (κ1) is 16.7. The molecule has 3 nitrogen and oxygen atoms in total. The Morgan fingerprint density at radius 3 is 2.74 bits per heavy atom. The molecular weight excluding hydrogens is 256 g/mol. The van der Waals surface area contributed by atoms with E-state index < -0.39 is 0 Å². The molecule has 2 N–H and O–H groups in total. The molecule has 0 bridgehead atoms. The molecule has 1 aliphatic rings. The Bertz CT molecular complexity index is 271. The molecule has 0 saturated heterocycles. The molecule has 1 fully saturated rings. The second-order valence-electron chi connectivity index (χ2n) is 6.18. The predicted octanol–water partition coefficient (Wildman–Crippen LogP) is 2.95. The molecule has 0 heterocycles. The van der Waals surface area contributed by atoms with Crippen LogP contribution in [-0.2, 0) is 4.74 Å². The summed E-state index contributed by atoms with van der Waals surface area (Å²) in [5.74, 6) is 2.28. The van der Waals surface area contributed by atoms with Gasteiger partial charge in [0.1, 0.15) is 0 Å². The molecule has 0 radical (unpaired) electrons. The second kappa shape index (κ2) is 8.75. The van der Waals surface area contributed by atoms with Crippen molar-refractivity contribution in [3.63, 3.8) is 0 Å². The van der Waals surface area contributed by atoms with Gasteiger partial charge in [0.25, 0.3) is 0 Å². The zero-order valence-electron chi connectivity index (χ0n) is 12.9. The van der Waals surface area contributed by atoms with Crippen LogP contribution >= 0.6 is 12.2 Å². The van der Waals surface area contributed by atoms with Crippen LogP contribution in [0.15, 0.2) is 0 Å². The highest BCUT2D eigenvalue weighted by Gasteiger charge is 2.30. The van der Waals surface area contributed by atoms with Gasteiger partial charge in [0.05, 0.1) is 0 Å². The summed E-state index contributed by atoms with van der Waals surface area (Å²) < 4.78 is 5.03. The second-order valence-corrected chi connectivity index (χ2v) is 6.59. The minimum Gasteiger partial charge on any atom is -0.385 e. The molecule has 1 aliphatic carbocycles. The smallest absolute Gasteiger partial charge is 0.166 e. The Morgan fingerprint density at radius 1 is 1.37 bits per heavy atom. The molecule has 19 heavy (non-hydrogen) atoms. The van der Waals surface area contributed by atoms with E-state index in [1.807, 2.05) is 0 Å². The van der Waals surface area contributed by atoms with E-state index in [1.54, 1.807) is 7.11 Å². The van der Waals surface area contributed by atoms with Gasteiger partial charge in [-0.25, -0.2) is 0 Å². The van der Waals surface area contributed by atoms with Crippen LogP contribution in [-0.4, -0.2) is 31.4 Å². The topological polar surface area (TPSA) is 33.3 Å². The van der Waals surface area contributed by atoms with Gasteiger partial charge in [0.2, 0.25) is 0 Å². The van der Waals surface area contributed by atoms with Crippen LogP contribution in [0.25, 0.3) is 0 Å². The van der Waals surface area contributed by atoms with Crippen LogP contribution < -0.4 is 10.6 Å². The average Bonchev–Trinajstić information content (AvgIpc) is 2.34. The zero-order chi connectivity index (χ0) is 14.3. The first-order valence-electron chi connectivity index (χ1n) is 7.57. The van der Waals surface area contributed by atoms with Gasteiger partial charge in [0, 0.05) is 26.3 Å². The van der Waals surface area contributed by atoms with E-state index in [1.165, 1.54) is 19.3 Å². The summed E-state index contributed by atoms with van der Waals surface area (Å²) >= 11 is 5.40. The molecule has 1 rings (SSSR count). The van der Waals surface area contributed by atoms with Gasteiger partial charge in [0.15, 0.2) is 5.11 Å². The molecule has 0 aromatic carbocycles. The van der Waals surface area contributed by atoms with Crippen LogP contribution in [0.5, 0.6) is 0 Å². The van der Waals surface area contributed by atoms with Crippen molar-refractivity contribution in [3.05, 3.63) is 0 Å². The van der Waals surface area contributed by atoms with Crippen LogP contribution in [0.4, 0.5) is 0 Å². The van der Waals surface area contributed by atoms with E-state index in [0.717, 1.165) is 42.4 Å². The highest BCUT2D eigenvalue weighted by atomic mass is 32.1. The van der Waals surface area contributed by atoms with Gasteiger partial charge in [-0.05, 0) is 49.2 Å². The molecule has 3 atom stereocenters. The van der Waals surface area contributed by atoms with Crippen molar-refractivity contribution in [1.29, 1.82) is 0 Å². The van der Waals surface area contributed by atoms with Crippen molar-refractivity contribution in [2.75, 3.05) is 20.3 Å². The Balaban J connectivity index is 2.36. The molecule has 0 aromatic heterocycles. The van der Waals surface area contributed by atoms with Crippen molar-refractivity contribution in [1.82, 2.24) is 10.6 Å². The Kier molecular flexibility index (Phi) is 7.69. The predicted molar refractivity (Wildman–Crippen MR) is 85.4 cm³/mol. The summed E-state index contributed by atoms with van der Waals surface area (Å²) in [6, 6.07) is 0.533. The summed E-state index contributed by atoms with van der Waals surface area (Å²) in [4.78, 5) is 0. The quantitative estimate of drug-likeness (QED) is 0.581. The van der Waals surface area contributed by atoms with Crippen molar-refractivity contribution in [2.45, 2.75) is 52.5 Å². The van der Waals surface area contributed by atoms with Gasteiger partial charge in [-0.15, -0.1) is 0 Å². The summed E-state index contributed by atoms with van der Waals surface area (Å²) in [5.41, 5.74) is 0. The number of rotatable bonds is 6. The average molecular weight is 286 g/mol. The van der Waals surface area contributed by atoms with Crippen LogP contribution in [0.3, 0.4) is 0 Å². The van der Waals surface area contributed by atoms with Gasteiger partial charge < -0.3 is 15.4 Å². The van der Waals surface area contributed by atoms with Crippen molar-refractivity contribution < 1.29 is 4.74 Å². The highest BCUT2D eigenvalue weighted by Crippen LogP contribution is 2.33. The highest BCUT2D eigenvalue weighted by molar-refractivity contribution is 7.80. The first-order chi connectivity index (χ1) is 9.04. The SMILES string of the molecule is COCCCNC(=S)N[C@H]1C[C@H](C)CC[C@H]1C(C)C. The number of thiocarbonyl (C=S) groups is 1. The summed E-state index contributed by atoms with van der Waals surface area (Å²) in [6.07, 6.45) is 4.91. The molecule has 0 aromatic rings. The normalized spacial score (nSPS) is 27.3. The van der Waals surface area contributed by atoms with Crippen LogP contribution in [0, 0.1) is 17.8 Å². The molecule has 0 unspecified atom stereocenters. The van der Waals surface area contributed by atoms with Gasteiger partial charge in [-0.3, -0.25) is 0 Å². The maximum atomic E-state index is 5.40. The van der Waals surface area contributed by atoms with Gasteiger partial charge in [-0.1, -0.05) is 27.2 Å². The minimum absolute atomic E-state index is 0.533. The van der Waals surface area contributed by atoms with E-state index >= 15 is 0 Å². The largest absolute Gasteiger partial charge is 0.385 e. The zero-order valence-corrected chi connectivity index (χ0v) is 13.7. The maximum Gasteiger partial charge on any atom is 0.166 e. The van der Waals surface area contributed by atoms with Crippen LogP contribution in [0.2, 0.25) is 0 Å². The van der Waals surface area contributed by atoms with E-state index in [9.17, 15) is 0 Å². The first-order valence-corrected chi connectivity index (χ1v) is 7.98. The lowest BCUT2D eigenvalue weighted by Crippen LogP contribution is -2.49. The standard InChI is InChI=1S/C15H30N2OS/c1-11(2)13-7-6-12(3)10-14(13)17-15(19)16-8-5-9-18-4/h11-14H,5-10H2,1-4H3,(H2,16,17,19)/t12-,13+,14+/m1/s1. The molecule has 1 saturated carbocycles. The van der Waals surface area contributed by atoms with E-state index in [2.05, 4.69) is 31.4 Å². The molecular formula is C15H30N2OS.